The second-order valence-corrected chi connectivity index (χ2v) is 1.44. The molecule has 0 bridgehead atoms. The fourth-order valence-corrected chi connectivity index (χ4v) is 0.289. The molecule has 0 unspecified atom stereocenters. The van der Waals surface area contributed by atoms with E-state index in [0.717, 1.165) is 0 Å². The van der Waals surface area contributed by atoms with E-state index >= 15 is 0 Å². The summed E-state index contributed by atoms with van der Waals surface area (Å²) >= 11 is 0. The van der Waals surface area contributed by atoms with E-state index in [2.05, 4.69) is 14.2 Å². The van der Waals surface area contributed by atoms with Gasteiger partial charge < -0.3 is 24.4 Å². The van der Waals surface area contributed by atoms with Crippen LogP contribution in [0.2, 0.25) is 0 Å². The molecule has 70 valence electrons. The maximum atomic E-state index is 7.62. The van der Waals surface area contributed by atoms with Crippen LogP contribution in [0.5, 0.6) is 0 Å². The van der Waals surface area contributed by atoms with Gasteiger partial charge in [-0.3, -0.25) is 0 Å². The van der Waals surface area contributed by atoms with Crippen LogP contribution < -0.4 is 0 Å². The monoisotopic (exact) mass is 168 g/mol. The Kier molecular flexibility index (Phi) is 15.2. The van der Waals surface area contributed by atoms with Crippen molar-refractivity contribution in [1.82, 2.24) is 0 Å². The van der Waals surface area contributed by atoms with E-state index in [0.29, 0.717) is 0 Å². The lowest BCUT2D eigenvalue weighted by Crippen LogP contribution is -2.14. The van der Waals surface area contributed by atoms with Crippen molar-refractivity contribution in [3.63, 3.8) is 0 Å². The van der Waals surface area contributed by atoms with Crippen molar-refractivity contribution in [2.24, 2.45) is 0 Å². The summed E-state index contributed by atoms with van der Waals surface area (Å²) in [6.45, 7) is -0.764. The SMILES string of the molecule is COC(OC)OC.OCCO. The van der Waals surface area contributed by atoms with Gasteiger partial charge in [-0.1, -0.05) is 0 Å². The van der Waals surface area contributed by atoms with Gasteiger partial charge in [0, 0.05) is 21.3 Å². The predicted octanol–water partition coefficient (Wildman–Crippen LogP) is -0.820. The Hall–Kier alpha value is -0.200. The van der Waals surface area contributed by atoms with Gasteiger partial charge in [-0.15, -0.1) is 0 Å². The lowest BCUT2D eigenvalue weighted by atomic mass is 10.8. The molecule has 0 aromatic rings. The summed E-state index contributed by atoms with van der Waals surface area (Å²) in [5.41, 5.74) is 0. The average molecular weight is 168 g/mol. The third kappa shape index (κ3) is 12.9. The molecule has 0 fully saturated rings. The fourth-order valence-electron chi connectivity index (χ4n) is 0.289. The van der Waals surface area contributed by atoms with Crippen LogP contribution >= 0.6 is 0 Å². The summed E-state index contributed by atoms with van der Waals surface area (Å²) in [4.78, 5) is 0. The molecule has 0 aliphatic rings. The van der Waals surface area contributed by atoms with Gasteiger partial charge in [-0.2, -0.15) is 0 Å². The molecule has 0 saturated heterocycles. The van der Waals surface area contributed by atoms with Crippen molar-refractivity contribution < 1.29 is 24.4 Å². The molecule has 0 aliphatic heterocycles. The first kappa shape index (κ1) is 13.4. The van der Waals surface area contributed by atoms with Crippen molar-refractivity contribution in [2.45, 2.75) is 6.48 Å². The van der Waals surface area contributed by atoms with Gasteiger partial charge in [-0.05, 0) is 0 Å². The van der Waals surface area contributed by atoms with Crippen molar-refractivity contribution in [3.05, 3.63) is 0 Å². The Morgan fingerprint density at radius 1 is 0.909 bits per heavy atom. The molecular weight excluding hydrogens is 152 g/mol. The zero-order valence-corrected chi connectivity index (χ0v) is 7.11. The van der Waals surface area contributed by atoms with Gasteiger partial charge in [0.1, 0.15) is 0 Å². The number of hydrogen-bond donors (Lipinski definition) is 2. The zero-order chi connectivity index (χ0) is 9.11. The van der Waals surface area contributed by atoms with Crippen LogP contribution in [0.1, 0.15) is 0 Å². The summed E-state index contributed by atoms with van der Waals surface area (Å²) in [6, 6.07) is 0. The zero-order valence-electron chi connectivity index (χ0n) is 7.11. The number of methoxy groups -OCH3 is 3. The number of hydrogen-bond acceptors (Lipinski definition) is 5. The molecule has 2 N–H and O–H groups in total. The van der Waals surface area contributed by atoms with Crippen molar-refractivity contribution >= 4 is 0 Å². The molecule has 0 heterocycles. The number of aliphatic hydroxyl groups excluding tert-OH is 2. The molecule has 0 aromatic heterocycles. The first-order chi connectivity index (χ1) is 5.26. The first-order valence-corrected chi connectivity index (χ1v) is 3.06. The number of aliphatic hydroxyl groups is 2. The quantitative estimate of drug-likeness (QED) is 0.537. The summed E-state index contributed by atoms with van der Waals surface area (Å²) in [5, 5.41) is 15.2. The molecule has 5 nitrogen and oxygen atoms in total. The van der Waals surface area contributed by atoms with Gasteiger partial charge in [0.25, 0.3) is 6.48 Å². The predicted molar refractivity (Wildman–Crippen MR) is 39.0 cm³/mol. The Morgan fingerprint density at radius 3 is 1.18 bits per heavy atom. The number of rotatable bonds is 4. The van der Waals surface area contributed by atoms with Gasteiger partial charge in [0.15, 0.2) is 0 Å². The Labute approximate surface area is 66.5 Å². The summed E-state index contributed by atoms with van der Waals surface area (Å²) in [7, 11) is 4.53. The van der Waals surface area contributed by atoms with E-state index in [1.54, 1.807) is 0 Å². The highest BCUT2D eigenvalue weighted by molar-refractivity contribution is 4.08. The van der Waals surface area contributed by atoms with Gasteiger partial charge in [0.2, 0.25) is 0 Å². The molecule has 0 aromatic carbocycles. The fraction of sp³-hybridized carbons (Fsp3) is 1.00. The highest BCUT2D eigenvalue weighted by Crippen LogP contribution is 1.87. The maximum Gasteiger partial charge on any atom is 0.270 e. The molecular formula is C6H16O5. The van der Waals surface area contributed by atoms with Crippen LogP contribution in [0.4, 0.5) is 0 Å². The van der Waals surface area contributed by atoms with E-state index in [1.165, 1.54) is 21.3 Å². The molecule has 5 heteroatoms. The summed E-state index contributed by atoms with van der Waals surface area (Å²) in [6.07, 6.45) is 0. The van der Waals surface area contributed by atoms with Crippen LogP contribution in [-0.2, 0) is 14.2 Å². The van der Waals surface area contributed by atoms with Crippen molar-refractivity contribution in [3.8, 4) is 0 Å². The van der Waals surface area contributed by atoms with E-state index in [9.17, 15) is 0 Å². The summed E-state index contributed by atoms with van der Waals surface area (Å²) < 4.78 is 13.8. The third-order valence-electron chi connectivity index (χ3n) is 0.677. The Bertz CT molecular complexity index is 47.4. The van der Waals surface area contributed by atoms with Crippen LogP contribution in [0.15, 0.2) is 0 Å². The van der Waals surface area contributed by atoms with Crippen molar-refractivity contribution in [1.29, 1.82) is 0 Å². The standard InChI is InChI=1S/C4H10O3.C2H6O2/c1-5-4(6-2)7-3;3-1-2-4/h4H,1-3H3;3-4H,1-2H2. The van der Waals surface area contributed by atoms with Crippen LogP contribution in [0.3, 0.4) is 0 Å². The Morgan fingerprint density at radius 2 is 1.18 bits per heavy atom. The highest BCUT2D eigenvalue weighted by Gasteiger charge is 1.96. The smallest absolute Gasteiger partial charge is 0.270 e. The molecule has 0 saturated carbocycles. The minimum Gasteiger partial charge on any atom is -0.394 e. The van der Waals surface area contributed by atoms with E-state index in [-0.39, 0.29) is 13.2 Å². The van der Waals surface area contributed by atoms with E-state index < -0.39 is 6.48 Å². The molecule has 0 atom stereocenters. The van der Waals surface area contributed by atoms with Crippen LogP contribution in [-0.4, -0.2) is 51.2 Å². The van der Waals surface area contributed by atoms with Crippen LogP contribution in [0, 0.1) is 0 Å². The van der Waals surface area contributed by atoms with Crippen molar-refractivity contribution in [2.75, 3.05) is 34.5 Å². The molecule has 0 spiro atoms. The molecule has 11 heavy (non-hydrogen) atoms. The largest absolute Gasteiger partial charge is 0.394 e. The topological polar surface area (TPSA) is 68.2 Å². The van der Waals surface area contributed by atoms with E-state index in [4.69, 9.17) is 10.2 Å². The number of ether oxygens (including phenoxy) is 3. The normalized spacial score (nSPS) is 9.27. The lowest BCUT2D eigenvalue weighted by Gasteiger charge is -2.08. The lowest BCUT2D eigenvalue weighted by molar-refractivity contribution is -0.252. The maximum absolute atomic E-state index is 7.62. The minimum atomic E-state index is -0.514. The molecule has 0 amide bonds. The minimum absolute atomic E-state index is 0.125. The van der Waals surface area contributed by atoms with E-state index in [1.807, 2.05) is 0 Å². The third-order valence-corrected chi connectivity index (χ3v) is 0.677. The van der Waals surface area contributed by atoms with Crippen LogP contribution in [0.25, 0.3) is 0 Å². The molecule has 0 aliphatic carbocycles. The Balaban J connectivity index is 0. The molecule has 0 rings (SSSR count). The summed E-state index contributed by atoms with van der Waals surface area (Å²) in [5.74, 6) is 0. The van der Waals surface area contributed by atoms with Gasteiger partial charge in [0.05, 0.1) is 13.2 Å². The second kappa shape index (κ2) is 12.5. The van der Waals surface area contributed by atoms with Gasteiger partial charge in [-0.25, -0.2) is 0 Å². The average Bonchev–Trinajstić information content (AvgIpc) is 2.08. The second-order valence-electron chi connectivity index (χ2n) is 1.44. The van der Waals surface area contributed by atoms with Gasteiger partial charge >= 0.3 is 0 Å². The highest BCUT2D eigenvalue weighted by atomic mass is 16.8. The molecule has 0 radical (unpaired) electrons. The first-order valence-electron chi connectivity index (χ1n) is 3.06.